The van der Waals surface area contributed by atoms with Gasteiger partial charge in [-0.3, -0.25) is 9.55 Å². The molecule has 8 heteroatoms. The summed E-state index contributed by atoms with van der Waals surface area (Å²) in [6.07, 6.45) is -0.976. The number of rotatable bonds is 5. The maximum atomic E-state index is 13.0. The topological polar surface area (TPSA) is 43.6 Å². The predicted molar refractivity (Wildman–Crippen MR) is 110 cm³/mol. The molecule has 0 saturated heterocycles. The van der Waals surface area contributed by atoms with E-state index in [1.54, 1.807) is 18.5 Å². The van der Waals surface area contributed by atoms with Crippen LogP contribution in [0.4, 0.5) is 13.2 Å². The molecule has 0 aliphatic heterocycles. The second-order valence-corrected chi connectivity index (χ2v) is 7.60. The van der Waals surface area contributed by atoms with E-state index >= 15 is 0 Å². The van der Waals surface area contributed by atoms with Gasteiger partial charge in [0, 0.05) is 23.7 Å². The molecule has 30 heavy (non-hydrogen) atoms. The number of thioether (sulfide) groups is 1. The maximum absolute atomic E-state index is 13.0. The first kappa shape index (κ1) is 20.2. The van der Waals surface area contributed by atoms with Crippen LogP contribution in [0.2, 0.25) is 0 Å². The highest BCUT2D eigenvalue weighted by molar-refractivity contribution is 7.98. The molecule has 4 aromatic rings. The van der Waals surface area contributed by atoms with Crippen LogP contribution in [0.1, 0.15) is 16.7 Å². The average Bonchev–Trinajstić information content (AvgIpc) is 3.16. The highest BCUT2D eigenvalue weighted by atomic mass is 32.2. The second kappa shape index (κ2) is 8.31. The Morgan fingerprint density at radius 1 is 0.967 bits per heavy atom. The SMILES string of the molecule is Cc1ccccc1-n1c(SCc2cccc(C(F)(F)F)c2)nnc1-c1cccnc1. The molecule has 152 valence electrons. The van der Waals surface area contributed by atoms with Gasteiger partial charge in [-0.05, 0) is 42.3 Å². The zero-order valence-electron chi connectivity index (χ0n) is 16.0. The van der Waals surface area contributed by atoms with Gasteiger partial charge in [-0.2, -0.15) is 13.2 Å². The van der Waals surface area contributed by atoms with Crippen molar-refractivity contribution in [3.05, 3.63) is 89.7 Å². The molecule has 0 aliphatic rings. The molecule has 0 radical (unpaired) electrons. The number of aromatic nitrogens is 4. The van der Waals surface area contributed by atoms with E-state index in [0.29, 0.717) is 22.3 Å². The minimum absolute atomic E-state index is 0.334. The third kappa shape index (κ3) is 4.23. The molecule has 0 aliphatic carbocycles. The quantitative estimate of drug-likeness (QED) is 0.370. The Bertz CT molecular complexity index is 1160. The van der Waals surface area contributed by atoms with Crippen LogP contribution in [0.5, 0.6) is 0 Å². The molecule has 2 aromatic heterocycles. The van der Waals surface area contributed by atoms with E-state index < -0.39 is 11.7 Å². The van der Waals surface area contributed by atoms with Crippen LogP contribution in [-0.4, -0.2) is 19.7 Å². The summed E-state index contributed by atoms with van der Waals surface area (Å²) in [5.41, 5.74) is 2.66. The van der Waals surface area contributed by atoms with Crippen LogP contribution in [0.25, 0.3) is 17.1 Å². The largest absolute Gasteiger partial charge is 0.416 e. The van der Waals surface area contributed by atoms with Gasteiger partial charge >= 0.3 is 6.18 Å². The van der Waals surface area contributed by atoms with E-state index in [4.69, 9.17) is 0 Å². The van der Waals surface area contributed by atoms with Crippen LogP contribution < -0.4 is 0 Å². The van der Waals surface area contributed by atoms with Crippen molar-refractivity contribution in [1.29, 1.82) is 0 Å². The number of para-hydroxylation sites is 1. The summed E-state index contributed by atoms with van der Waals surface area (Å²) in [5.74, 6) is 0.963. The van der Waals surface area contributed by atoms with Gasteiger partial charge in [-0.15, -0.1) is 10.2 Å². The van der Waals surface area contributed by atoms with Crippen molar-refractivity contribution in [1.82, 2.24) is 19.7 Å². The standard InChI is InChI=1S/C22H17F3N4S/c1-15-6-2-3-10-19(15)29-20(17-8-5-11-26-13-17)27-28-21(29)30-14-16-7-4-9-18(12-16)22(23,24)25/h2-13H,14H2,1H3. The van der Waals surface area contributed by atoms with Gasteiger partial charge in [-0.25, -0.2) is 0 Å². The van der Waals surface area contributed by atoms with Crippen LogP contribution >= 0.6 is 11.8 Å². The number of nitrogens with zero attached hydrogens (tertiary/aromatic N) is 4. The molecular formula is C22H17F3N4S. The van der Waals surface area contributed by atoms with E-state index in [2.05, 4.69) is 15.2 Å². The molecule has 4 nitrogen and oxygen atoms in total. The van der Waals surface area contributed by atoms with Gasteiger partial charge in [0.15, 0.2) is 11.0 Å². The van der Waals surface area contributed by atoms with Gasteiger partial charge in [0.2, 0.25) is 0 Å². The van der Waals surface area contributed by atoms with Crippen LogP contribution in [0.15, 0.2) is 78.2 Å². The van der Waals surface area contributed by atoms with Gasteiger partial charge in [0.25, 0.3) is 0 Å². The summed E-state index contributed by atoms with van der Waals surface area (Å²) in [5, 5.41) is 9.27. The number of alkyl halides is 3. The Labute approximate surface area is 175 Å². The van der Waals surface area contributed by atoms with Crippen molar-refractivity contribution in [3.63, 3.8) is 0 Å². The first-order valence-corrected chi connectivity index (χ1v) is 10.1. The molecule has 4 rings (SSSR count). The van der Waals surface area contributed by atoms with Crippen LogP contribution in [-0.2, 0) is 11.9 Å². The number of hydrogen-bond donors (Lipinski definition) is 0. The fraction of sp³-hybridized carbons (Fsp3) is 0.136. The van der Waals surface area contributed by atoms with Crippen molar-refractivity contribution in [3.8, 4) is 17.1 Å². The zero-order valence-corrected chi connectivity index (χ0v) is 16.8. The summed E-state index contributed by atoms with van der Waals surface area (Å²) in [4.78, 5) is 4.16. The second-order valence-electron chi connectivity index (χ2n) is 6.66. The highest BCUT2D eigenvalue weighted by Crippen LogP contribution is 2.33. The maximum Gasteiger partial charge on any atom is 0.416 e. The third-order valence-electron chi connectivity index (χ3n) is 4.53. The zero-order chi connectivity index (χ0) is 21.1. The summed E-state index contributed by atoms with van der Waals surface area (Å²) in [6.45, 7) is 1.99. The van der Waals surface area contributed by atoms with Crippen molar-refractivity contribution in [2.45, 2.75) is 24.0 Å². The lowest BCUT2D eigenvalue weighted by Gasteiger charge is -2.13. The van der Waals surface area contributed by atoms with E-state index in [0.717, 1.165) is 22.9 Å². The lowest BCUT2D eigenvalue weighted by atomic mass is 10.1. The molecule has 2 aromatic carbocycles. The summed E-state index contributed by atoms with van der Waals surface area (Å²) in [6, 6.07) is 16.9. The summed E-state index contributed by atoms with van der Waals surface area (Å²) >= 11 is 1.34. The predicted octanol–water partition coefficient (Wildman–Crippen LogP) is 5.95. The fourth-order valence-electron chi connectivity index (χ4n) is 3.06. The van der Waals surface area contributed by atoms with E-state index in [1.807, 2.05) is 47.9 Å². The molecule has 0 unspecified atom stereocenters. The number of pyridine rings is 1. The van der Waals surface area contributed by atoms with Gasteiger partial charge in [0.1, 0.15) is 0 Å². The Balaban J connectivity index is 1.71. The van der Waals surface area contributed by atoms with Gasteiger partial charge < -0.3 is 0 Å². The Hall–Kier alpha value is -3.13. The minimum atomic E-state index is -4.37. The molecule has 0 amide bonds. The Kier molecular flexibility index (Phi) is 5.59. The van der Waals surface area contributed by atoms with E-state index in [1.165, 1.54) is 23.9 Å². The first-order valence-electron chi connectivity index (χ1n) is 9.14. The molecule has 0 N–H and O–H groups in total. The summed E-state index contributed by atoms with van der Waals surface area (Å²) in [7, 11) is 0. The molecule has 0 spiro atoms. The Morgan fingerprint density at radius 2 is 1.80 bits per heavy atom. The molecule has 0 saturated carbocycles. The van der Waals surface area contributed by atoms with Crippen molar-refractivity contribution < 1.29 is 13.2 Å². The lowest BCUT2D eigenvalue weighted by Crippen LogP contribution is -2.05. The van der Waals surface area contributed by atoms with Gasteiger partial charge in [-0.1, -0.05) is 48.2 Å². The van der Waals surface area contributed by atoms with Crippen LogP contribution in [0.3, 0.4) is 0 Å². The van der Waals surface area contributed by atoms with Crippen molar-refractivity contribution in [2.75, 3.05) is 0 Å². The smallest absolute Gasteiger partial charge is 0.270 e. The summed E-state index contributed by atoms with van der Waals surface area (Å²) < 4.78 is 41.0. The van der Waals surface area contributed by atoms with Gasteiger partial charge in [0.05, 0.1) is 11.3 Å². The number of benzene rings is 2. The minimum Gasteiger partial charge on any atom is -0.270 e. The molecule has 2 heterocycles. The monoisotopic (exact) mass is 426 g/mol. The Morgan fingerprint density at radius 3 is 2.53 bits per heavy atom. The number of halogens is 3. The highest BCUT2D eigenvalue weighted by Gasteiger charge is 2.30. The normalized spacial score (nSPS) is 11.6. The molecular weight excluding hydrogens is 409 g/mol. The van der Waals surface area contributed by atoms with Crippen LogP contribution in [0, 0.1) is 6.92 Å². The molecule has 0 bridgehead atoms. The van der Waals surface area contributed by atoms with E-state index in [-0.39, 0.29) is 0 Å². The number of aryl methyl sites for hydroxylation is 1. The number of hydrogen-bond acceptors (Lipinski definition) is 4. The van der Waals surface area contributed by atoms with E-state index in [9.17, 15) is 13.2 Å². The fourth-order valence-corrected chi connectivity index (χ4v) is 3.95. The first-order chi connectivity index (χ1) is 14.4. The molecule has 0 atom stereocenters. The average molecular weight is 426 g/mol. The lowest BCUT2D eigenvalue weighted by molar-refractivity contribution is -0.137. The third-order valence-corrected chi connectivity index (χ3v) is 5.53. The van der Waals surface area contributed by atoms with Crippen molar-refractivity contribution in [2.24, 2.45) is 0 Å². The van der Waals surface area contributed by atoms with Crippen molar-refractivity contribution >= 4 is 11.8 Å². The molecule has 0 fully saturated rings.